The van der Waals surface area contributed by atoms with Gasteiger partial charge in [-0.1, -0.05) is 31.0 Å². The Balaban J connectivity index is 1.98. The second kappa shape index (κ2) is 9.12. The van der Waals surface area contributed by atoms with E-state index < -0.39 is 11.2 Å². The largest absolute Gasteiger partial charge is 0.465 e. The van der Waals surface area contributed by atoms with Crippen LogP contribution in [0, 0.1) is 0 Å². The fourth-order valence-electron chi connectivity index (χ4n) is 3.34. The van der Waals surface area contributed by atoms with Crippen LogP contribution >= 0.6 is 11.8 Å². The fraction of sp³-hybridized carbons (Fsp3) is 0.526. The molecule has 1 fully saturated rings. The van der Waals surface area contributed by atoms with Crippen LogP contribution in [0.4, 0.5) is 0 Å². The lowest BCUT2D eigenvalue weighted by atomic mass is 9.95. The van der Waals surface area contributed by atoms with Crippen LogP contribution in [0.15, 0.2) is 29.7 Å². The van der Waals surface area contributed by atoms with Crippen LogP contribution < -0.4 is 0 Å². The third kappa shape index (κ3) is 4.55. The van der Waals surface area contributed by atoms with Crippen LogP contribution in [0.2, 0.25) is 0 Å². The van der Waals surface area contributed by atoms with Gasteiger partial charge in [0.25, 0.3) is 0 Å². The van der Waals surface area contributed by atoms with Crippen LogP contribution in [-0.4, -0.2) is 43.4 Å². The van der Waals surface area contributed by atoms with Gasteiger partial charge in [0, 0.05) is 24.0 Å². The summed E-state index contributed by atoms with van der Waals surface area (Å²) in [6.07, 6.45) is 9.04. The van der Waals surface area contributed by atoms with Crippen molar-refractivity contribution in [2.45, 2.75) is 62.4 Å². The molecule has 0 N–H and O–H groups in total. The third-order valence-electron chi connectivity index (χ3n) is 4.64. The number of ketones is 1. The summed E-state index contributed by atoms with van der Waals surface area (Å²) in [4.78, 5) is 28.3. The maximum absolute atomic E-state index is 12.2. The molecule has 144 valence electrons. The summed E-state index contributed by atoms with van der Waals surface area (Å²) in [5, 5.41) is 8.36. The molecule has 0 aromatic carbocycles. The van der Waals surface area contributed by atoms with Crippen LogP contribution in [0.25, 0.3) is 11.4 Å². The van der Waals surface area contributed by atoms with Gasteiger partial charge in [-0.25, -0.2) is 0 Å². The second-order valence-electron chi connectivity index (χ2n) is 6.56. The van der Waals surface area contributed by atoms with E-state index in [2.05, 4.69) is 19.7 Å². The van der Waals surface area contributed by atoms with Gasteiger partial charge in [0.05, 0.1) is 6.61 Å². The smallest absolute Gasteiger partial charge is 0.327 e. The van der Waals surface area contributed by atoms with Crippen LogP contribution in [0.5, 0.6) is 0 Å². The monoisotopic (exact) mass is 388 g/mol. The molecule has 0 saturated heterocycles. The standard InChI is InChI=1S/C19H24N4O3S/c1-3-26-18(25)16(13(2)24)27-19-22-21-17(14-9-11-20-12-10-14)23(19)15-7-5-4-6-8-15/h9-12,15-16H,3-8H2,1-2H3. The number of pyridine rings is 1. The Morgan fingerprint density at radius 2 is 1.93 bits per heavy atom. The number of esters is 1. The number of hydrogen-bond acceptors (Lipinski definition) is 7. The highest BCUT2D eigenvalue weighted by Gasteiger charge is 2.31. The lowest BCUT2D eigenvalue weighted by molar-refractivity contribution is -0.144. The number of aromatic nitrogens is 4. The van der Waals surface area contributed by atoms with Crippen molar-refractivity contribution in [3.05, 3.63) is 24.5 Å². The molecule has 2 aromatic rings. The van der Waals surface area contributed by atoms with E-state index in [-0.39, 0.29) is 18.4 Å². The number of nitrogens with zero attached hydrogens (tertiary/aromatic N) is 4. The Labute approximate surface area is 162 Å². The molecule has 0 aliphatic heterocycles. The number of hydrogen-bond donors (Lipinski definition) is 0. The first-order valence-electron chi connectivity index (χ1n) is 9.30. The Morgan fingerprint density at radius 1 is 1.22 bits per heavy atom. The first-order valence-corrected chi connectivity index (χ1v) is 10.2. The lowest BCUT2D eigenvalue weighted by Crippen LogP contribution is -2.28. The van der Waals surface area contributed by atoms with Crippen molar-refractivity contribution in [3.63, 3.8) is 0 Å². The van der Waals surface area contributed by atoms with Crippen molar-refractivity contribution in [1.29, 1.82) is 0 Å². The highest BCUT2D eigenvalue weighted by molar-refractivity contribution is 8.01. The van der Waals surface area contributed by atoms with Crippen LogP contribution in [-0.2, 0) is 14.3 Å². The maximum atomic E-state index is 12.2. The van der Waals surface area contributed by atoms with Gasteiger partial charge in [-0.15, -0.1) is 10.2 Å². The predicted octanol–water partition coefficient (Wildman–Crippen LogP) is 3.46. The highest BCUT2D eigenvalue weighted by Crippen LogP contribution is 2.36. The molecule has 0 amide bonds. The van der Waals surface area contributed by atoms with Gasteiger partial charge in [-0.3, -0.25) is 19.1 Å². The zero-order valence-corrected chi connectivity index (χ0v) is 16.4. The van der Waals surface area contributed by atoms with Crippen molar-refractivity contribution in [3.8, 4) is 11.4 Å². The number of thioether (sulfide) groups is 1. The molecular weight excluding hydrogens is 364 g/mol. The minimum absolute atomic E-state index is 0.237. The average molecular weight is 388 g/mol. The lowest BCUT2D eigenvalue weighted by Gasteiger charge is -2.26. The Morgan fingerprint density at radius 3 is 2.56 bits per heavy atom. The molecule has 7 nitrogen and oxygen atoms in total. The molecule has 1 saturated carbocycles. The molecule has 27 heavy (non-hydrogen) atoms. The highest BCUT2D eigenvalue weighted by atomic mass is 32.2. The predicted molar refractivity (Wildman–Crippen MR) is 102 cm³/mol. The van der Waals surface area contributed by atoms with Crippen molar-refractivity contribution in [2.75, 3.05) is 6.61 Å². The Kier molecular flexibility index (Phi) is 6.60. The van der Waals surface area contributed by atoms with E-state index in [0.717, 1.165) is 48.8 Å². The topological polar surface area (TPSA) is 87.0 Å². The van der Waals surface area contributed by atoms with E-state index in [1.54, 1.807) is 19.3 Å². The molecule has 0 radical (unpaired) electrons. The van der Waals surface area contributed by atoms with E-state index in [1.165, 1.54) is 13.3 Å². The second-order valence-corrected chi connectivity index (χ2v) is 7.64. The van der Waals surface area contributed by atoms with Gasteiger partial charge in [0.15, 0.2) is 22.0 Å². The summed E-state index contributed by atoms with van der Waals surface area (Å²) in [5.74, 6) is -0.0290. The summed E-state index contributed by atoms with van der Waals surface area (Å²) >= 11 is 1.13. The van der Waals surface area contributed by atoms with E-state index in [0.29, 0.717) is 5.16 Å². The fourth-order valence-corrected chi connectivity index (χ4v) is 4.32. The molecule has 1 unspecified atom stereocenters. The minimum Gasteiger partial charge on any atom is -0.465 e. The number of carbonyl (C=O) groups excluding carboxylic acids is 2. The molecule has 3 rings (SSSR count). The minimum atomic E-state index is -0.929. The molecule has 2 heterocycles. The first-order chi connectivity index (χ1) is 13.1. The van der Waals surface area contributed by atoms with Crippen molar-refractivity contribution in [1.82, 2.24) is 19.7 Å². The molecule has 0 bridgehead atoms. The molecule has 1 atom stereocenters. The Hall–Kier alpha value is -2.22. The zero-order valence-electron chi connectivity index (χ0n) is 15.6. The first kappa shape index (κ1) is 19.5. The summed E-state index contributed by atoms with van der Waals surface area (Å²) in [5.41, 5.74) is 0.922. The van der Waals surface area contributed by atoms with E-state index in [1.807, 2.05) is 12.1 Å². The molecule has 0 spiro atoms. The number of carbonyl (C=O) groups is 2. The van der Waals surface area contributed by atoms with Crippen molar-refractivity contribution >= 4 is 23.5 Å². The van der Waals surface area contributed by atoms with Crippen LogP contribution in [0.1, 0.15) is 52.0 Å². The molecule has 8 heteroatoms. The van der Waals surface area contributed by atoms with Crippen molar-refractivity contribution in [2.24, 2.45) is 0 Å². The van der Waals surface area contributed by atoms with Gasteiger partial charge < -0.3 is 4.74 Å². The quantitative estimate of drug-likeness (QED) is 0.408. The Bertz CT molecular complexity index is 788. The van der Waals surface area contributed by atoms with E-state index in [9.17, 15) is 9.59 Å². The van der Waals surface area contributed by atoms with Gasteiger partial charge in [-0.2, -0.15) is 0 Å². The summed E-state index contributed by atoms with van der Waals surface area (Å²) < 4.78 is 7.16. The average Bonchev–Trinajstić information content (AvgIpc) is 3.11. The number of Topliss-reactive ketones (excluding diaryl/α,β-unsaturated/α-hetero) is 1. The molecule has 1 aliphatic rings. The van der Waals surface area contributed by atoms with Gasteiger partial charge in [0.2, 0.25) is 0 Å². The number of rotatable bonds is 7. The molecule has 1 aliphatic carbocycles. The van der Waals surface area contributed by atoms with Gasteiger partial charge >= 0.3 is 5.97 Å². The van der Waals surface area contributed by atoms with E-state index in [4.69, 9.17) is 4.74 Å². The SMILES string of the molecule is CCOC(=O)C(Sc1nnc(-c2ccncc2)n1C1CCCCC1)C(C)=O. The third-order valence-corrected chi connectivity index (χ3v) is 5.89. The van der Waals surface area contributed by atoms with E-state index >= 15 is 0 Å². The summed E-state index contributed by atoms with van der Waals surface area (Å²) in [7, 11) is 0. The normalized spacial score (nSPS) is 16.1. The van der Waals surface area contributed by atoms with Gasteiger partial charge in [-0.05, 0) is 38.8 Å². The molecular formula is C19H24N4O3S. The molecule has 2 aromatic heterocycles. The van der Waals surface area contributed by atoms with Gasteiger partial charge in [0.1, 0.15) is 0 Å². The van der Waals surface area contributed by atoms with Crippen molar-refractivity contribution < 1.29 is 14.3 Å². The summed E-state index contributed by atoms with van der Waals surface area (Å²) in [6.45, 7) is 3.37. The maximum Gasteiger partial charge on any atom is 0.327 e. The number of ether oxygens (including phenoxy) is 1. The van der Waals surface area contributed by atoms with Crippen LogP contribution in [0.3, 0.4) is 0 Å². The summed E-state index contributed by atoms with van der Waals surface area (Å²) in [6, 6.07) is 4.05. The zero-order chi connectivity index (χ0) is 19.2.